The average molecular weight is 485 g/mol. The van der Waals surface area contributed by atoms with E-state index < -0.39 is 24.0 Å². The lowest BCUT2D eigenvalue weighted by Crippen LogP contribution is -2.47. The molecule has 2 aromatic heterocycles. The number of benzene rings is 1. The van der Waals surface area contributed by atoms with Crippen LogP contribution in [0.3, 0.4) is 0 Å². The zero-order chi connectivity index (χ0) is 24.0. The molecule has 2 fully saturated rings. The Kier molecular flexibility index (Phi) is 5.68. The van der Waals surface area contributed by atoms with Crippen LogP contribution >= 0.6 is 11.6 Å². The number of fused-ring (bicyclic) bond motifs is 1. The molecule has 11 heteroatoms. The van der Waals surface area contributed by atoms with Gasteiger partial charge in [-0.1, -0.05) is 23.7 Å². The minimum atomic E-state index is -1.30. The number of likely N-dealkylation sites (tertiary alicyclic amines) is 1. The molecule has 0 unspecified atom stereocenters. The highest BCUT2D eigenvalue weighted by molar-refractivity contribution is 6.30. The molecular formula is C23H22ClFN6O3. The van der Waals surface area contributed by atoms with Crippen LogP contribution < -0.4 is 11.1 Å². The van der Waals surface area contributed by atoms with Gasteiger partial charge in [-0.15, -0.1) is 0 Å². The predicted octanol–water partition coefficient (Wildman–Crippen LogP) is 1.79. The number of halogens is 2. The molecule has 34 heavy (non-hydrogen) atoms. The fraction of sp³-hybridized carbons (Fsp3) is 0.348. The van der Waals surface area contributed by atoms with Crippen LogP contribution in [-0.4, -0.2) is 62.2 Å². The number of amides is 3. The topological polar surface area (TPSA) is 123 Å². The van der Waals surface area contributed by atoms with Gasteiger partial charge >= 0.3 is 0 Å². The normalized spacial score (nSPS) is 23.8. The number of nitrogens with one attached hydrogen (secondary N) is 1. The zero-order valence-electron chi connectivity index (χ0n) is 18.0. The van der Waals surface area contributed by atoms with Crippen molar-refractivity contribution < 1.29 is 18.8 Å². The first-order valence-corrected chi connectivity index (χ1v) is 11.3. The molecule has 1 saturated heterocycles. The Hall–Kier alpha value is -3.53. The number of pyridine rings is 1. The van der Waals surface area contributed by atoms with E-state index in [1.807, 2.05) is 12.1 Å². The molecule has 1 aliphatic heterocycles. The second-order valence-electron chi connectivity index (χ2n) is 8.67. The number of nitrogens with two attached hydrogens (primary N) is 1. The molecule has 0 radical (unpaired) electrons. The maximum Gasteiger partial charge on any atom is 0.269 e. The van der Waals surface area contributed by atoms with Crippen LogP contribution in [0.5, 0.6) is 0 Å². The molecule has 9 nitrogen and oxygen atoms in total. The zero-order valence-corrected chi connectivity index (χ0v) is 18.8. The van der Waals surface area contributed by atoms with E-state index in [4.69, 9.17) is 17.3 Å². The summed E-state index contributed by atoms with van der Waals surface area (Å²) in [4.78, 5) is 43.0. The third-order valence-corrected chi connectivity index (χ3v) is 6.61. The lowest BCUT2D eigenvalue weighted by Gasteiger charge is -2.24. The van der Waals surface area contributed by atoms with Crippen LogP contribution in [0, 0.1) is 0 Å². The van der Waals surface area contributed by atoms with Gasteiger partial charge in [0, 0.05) is 35.0 Å². The molecule has 3 amide bonds. The highest BCUT2D eigenvalue weighted by Crippen LogP contribution is 2.41. The fourth-order valence-electron chi connectivity index (χ4n) is 4.56. The van der Waals surface area contributed by atoms with Crippen molar-refractivity contribution in [2.45, 2.75) is 43.6 Å². The van der Waals surface area contributed by atoms with Crippen molar-refractivity contribution in [3.63, 3.8) is 0 Å². The van der Waals surface area contributed by atoms with Crippen molar-refractivity contribution in [3.8, 4) is 0 Å². The summed E-state index contributed by atoms with van der Waals surface area (Å²) in [5.74, 6) is -1.41. The summed E-state index contributed by atoms with van der Waals surface area (Å²) in [5.41, 5.74) is 6.94. The number of alkyl halides is 1. The van der Waals surface area contributed by atoms with Gasteiger partial charge in [0.15, 0.2) is 5.69 Å². The number of hydrogen-bond donors (Lipinski definition) is 2. The Balaban J connectivity index is 1.28. The molecule has 1 aromatic carbocycles. The van der Waals surface area contributed by atoms with Crippen LogP contribution in [0.25, 0.3) is 10.9 Å². The lowest BCUT2D eigenvalue weighted by molar-refractivity contribution is -0.139. The summed E-state index contributed by atoms with van der Waals surface area (Å²) in [6.45, 7) is -0.453. The van der Waals surface area contributed by atoms with E-state index in [9.17, 15) is 18.8 Å². The summed E-state index contributed by atoms with van der Waals surface area (Å²) >= 11 is 5.93. The Bertz CT molecular complexity index is 1280. The number of carbonyl (C=O) groups excluding carboxylic acids is 3. The van der Waals surface area contributed by atoms with Gasteiger partial charge in [-0.3, -0.25) is 24.0 Å². The van der Waals surface area contributed by atoms with Crippen LogP contribution in [0.15, 0.2) is 42.7 Å². The summed E-state index contributed by atoms with van der Waals surface area (Å²) < 4.78 is 15.6. The standard InChI is InChI=1S/C23H22ClFN6O3/c24-13-3-1-12(2-4-13)16-8-17(16)28-23(34)18-7-14(25)10-30(18)20(32)11-31-19-9-27-6-5-15(19)21(29-31)22(26)33/h1-6,9,14,16-18H,7-8,10-11H2,(H2,26,33)(H,28,34)/t14-,16+,17-,18+/m1/s1. The molecule has 0 spiro atoms. The molecule has 1 saturated carbocycles. The SMILES string of the molecule is NC(=O)c1nn(CC(=O)N2C[C@H](F)C[C@H]2C(=O)N[C@@H]2C[C@H]2c2ccc(Cl)cc2)c2cnccc12. The van der Waals surface area contributed by atoms with Crippen molar-refractivity contribution in [2.75, 3.05) is 6.54 Å². The van der Waals surface area contributed by atoms with Gasteiger partial charge in [0.2, 0.25) is 11.8 Å². The number of carbonyl (C=O) groups is 3. The number of aromatic nitrogens is 3. The number of nitrogens with zero attached hydrogens (tertiary/aromatic N) is 4. The van der Waals surface area contributed by atoms with Crippen molar-refractivity contribution >= 4 is 40.2 Å². The molecule has 4 atom stereocenters. The van der Waals surface area contributed by atoms with E-state index in [2.05, 4.69) is 15.4 Å². The lowest BCUT2D eigenvalue weighted by atomic mass is 10.1. The molecule has 1 aliphatic carbocycles. The molecule has 3 N–H and O–H groups in total. The van der Waals surface area contributed by atoms with E-state index in [1.54, 1.807) is 18.2 Å². The number of hydrogen-bond acceptors (Lipinski definition) is 5. The average Bonchev–Trinajstić information content (AvgIpc) is 3.29. The predicted molar refractivity (Wildman–Crippen MR) is 122 cm³/mol. The first-order chi connectivity index (χ1) is 16.3. The summed E-state index contributed by atoms with van der Waals surface area (Å²) in [6.07, 6.45) is 2.37. The number of primary amides is 1. The molecule has 3 aromatic rings. The van der Waals surface area contributed by atoms with Gasteiger partial charge in [-0.2, -0.15) is 5.10 Å². The monoisotopic (exact) mass is 484 g/mol. The Morgan fingerprint density at radius 3 is 2.68 bits per heavy atom. The molecule has 3 heterocycles. The van der Waals surface area contributed by atoms with Crippen LogP contribution in [-0.2, 0) is 16.1 Å². The Morgan fingerprint density at radius 2 is 1.94 bits per heavy atom. The summed E-state index contributed by atoms with van der Waals surface area (Å²) in [5, 5.41) is 8.21. The second-order valence-corrected chi connectivity index (χ2v) is 9.10. The second kappa shape index (κ2) is 8.68. The van der Waals surface area contributed by atoms with E-state index in [1.165, 1.54) is 22.0 Å². The molecular weight excluding hydrogens is 463 g/mol. The van der Waals surface area contributed by atoms with Gasteiger partial charge in [-0.25, -0.2) is 4.39 Å². The third kappa shape index (κ3) is 4.21. The molecule has 5 rings (SSSR count). The highest BCUT2D eigenvalue weighted by Gasteiger charge is 2.44. The van der Waals surface area contributed by atoms with Gasteiger partial charge < -0.3 is 16.0 Å². The minimum Gasteiger partial charge on any atom is -0.364 e. The van der Waals surface area contributed by atoms with E-state index in [0.717, 1.165) is 12.0 Å². The Labute approximate surface area is 199 Å². The van der Waals surface area contributed by atoms with Crippen molar-refractivity contribution in [3.05, 3.63) is 59.0 Å². The largest absolute Gasteiger partial charge is 0.364 e. The fourth-order valence-corrected chi connectivity index (χ4v) is 4.69. The maximum atomic E-state index is 14.3. The van der Waals surface area contributed by atoms with Gasteiger partial charge in [0.05, 0.1) is 18.3 Å². The van der Waals surface area contributed by atoms with Crippen LogP contribution in [0.4, 0.5) is 4.39 Å². The molecule has 176 valence electrons. The van der Waals surface area contributed by atoms with E-state index in [-0.39, 0.29) is 43.1 Å². The summed E-state index contributed by atoms with van der Waals surface area (Å²) in [7, 11) is 0. The first-order valence-electron chi connectivity index (χ1n) is 10.9. The van der Waals surface area contributed by atoms with Crippen LogP contribution in [0.1, 0.15) is 34.8 Å². The van der Waals surface area contributed by atoms with E-state index in [0.29, 0.717) is 15.9 Å². The first kappa shape index (κ1) is 22.3. The third-order valence-electron chi connectivity index (χ3n) is 6.36. The Morgan fingerprint density at radius 1 is 1.18 bits per heavy atom. The van der Waals surface area contributed by atoms with Gasteiger partial charge in [0.1, 0.15) is 18.8 Å². The minimum absolute atomic E-state index is 0.0197. The molecule has 2 aliphatic rings. The number of rotatable bonds is 6. The van der Waals surface area contributed by atoms with Crippen molar-refractivity contribution in [1.82, 2.24) is 25.0 Å². The van der Waals surface area contributed by atoms with Gasteiger partial charge in [0.25, 0.3) is 5.91 Å². The quantitative estimate of drug-likeness (QED) is 0.552. The van der Waals surface area contributed by atoms with Crippen molar-refractivity contribution in [2.24, 2.45) is 5.73 Å². The smallest absolute Gasteiger partial charge is 0.269 e. The van der Waals surface area contributed by atoms with E-state index >= 15 is 0 Å². The molecule has 0 bridgehead atoms. The van der Waals surface area contributed by atoms with Gasteiger partial charge in [-0.05, 0) is 30.2 Å². The van der Waals surface area contributed by atoms with Crippen molar-refractivity contribution in [1.29, 1.82) is 0 Å². The van der Waals surface area contributed by atoms with Crippen LogP contribution in [0.2, 0.25) is 5.02 Å². The summed E-state index contributed by atoms with van der Waals surface area (Å²) in [6, 6.07) is 8.06. The maximum absolute atomic E-state index is 14.3. The highest BCUT2D eigenvalue weighted by atomic mass is 35.5.